The monoisotopic (exact) mass is 360 g/mol. The average Bonchev–Trinajstić information content (AvgIpc) is 2.70. The van der Waals surface area contributed by atoms with E-state index >= 15 is 0 Å². The van der Waals surface area contributed by atoms with Gasteiger partial charge in [0, 0.05) is 30.6 Å². The van der Waals surface area contributed by atoms with Crippen LogP contribution in [-0.2, 0) is 6.54 Å². The van der Waals surface area contributed by atoms with Crippen LogP contribution in [0.15, 0.2) is 72.3 Å². The first kappa shape index (κ1) is 17.4. The summed E-state index contributed by atoms with van der Waals surface area (Å²) in [5.41, 5.74) is 3.43. The lowest BCUT2D eigenvalue weighted by Crippen LogP contribution is -2.28. The molecule has 136 valence electrons. The molecule has 1 aromatic heterocycles. The molecule has 0 saturated heterocycles. The Morgan fingerprint density at radius 2 is 1.93 bits per heavy atom. The molecule has 27 heavy (non-hydrogen) atoms. The highest BCUT2D eigenvalue weighted by Crippen LogP contribution is 2.23. The van der Waals surface area contributed by atoms with Gasteiger partial charge < -0.3 is 5.11 Å². The van der Waals surface area contributed by atoms with Crippen LogP contribution >= 0.6 is 0 Å². The van der Waals surface area contributed by atoms with Gasteiger partial charge in [0.2, 0.25) is 0 Å². The van der Waals surface area contributed by atoms with E-state index in [0.29, 0.717) is 12.1 Å². The SMILES string of the molecule is Oc1cccc2ccc(/C=C/C3=CCN(Cc4ccccc4F)CC3)nc12. The van der Waals surface area contributed by atoms with Gasteiger partial charge in [0.25, 0.3) is 0 Å². The van der Waals surface area contributed by atoms with Crippen LogP contribution in [-0.4, -0.2) is 28.1 Å². The number of para-hydroxylation sites is 1. The summed E-state index contributed by atoms with van der Waals surface area (Å²) in [6, 6.07) is 16.3. The zero-order valence-electron chi connectivity index (χ0n) is 15.0. The minimum atomic E-state index is -0.141. The number of fused-ring (bicyclic) bond motifs is 1. The van der Waals surface area contributed by atoms with Crippen LogP contribution in [0.3, 0.4) is 0 Å². The summed E-state index contributed by atoms with van der Waals surface area (Å²) in [4.78, 5) is 6.76. The summed E-state index contributed by atoms with van der Waals surface area (Å²) >= 11 is 0. The van der Waals surface area contributed by atoms with E-state index in [4.69, 9.17) is 0 Å². The number of hydrogen-bond acceptors (Lipinski definition) is 3. The average molecular weight is 360 g/mol. The zero-order chi connectivity index (χ0) is 18.6. The molecule has 0 unspecified atom stereocenters. The molecule has 4 rings (SSSR count). The van der Waals surface area contributed by atoms with Gasteiger partial charge in [0.1, 0.15) is 17.1 Å². The quantitative estimate of drug-likeness (QED) is 0.717. The van der Waals surface area contributed by atoms with Crippen molar-refractivity contribution in [3.8, 4) is 5.75 Å². The predicted molar refractivity (Wildman–Crippen MR) is 107 cm³/mol. The molecule has 0 saturated carbocycles. The predicted octanol–water partition coefficient (Wildman–Crippen LogP) is 4.93. The third kappa shape index (κ3) is 4.07. The third-order valence-electron chi connectivity index (χ3n) is 4.87. The van der Waals surface area contributed by atoms with Crippen LogP contribution < -0.4 is 0 Å². The summed E-state index contributed by atoms with van der Waals surface area (Å²) in [6.07, 6.45) is 7.15. The molecule has 0 atom stereocenters. The Hall–Kier alpha value is -2.98. The molecular formula is C23H21FN2O. The lowest BCUT2D eigenvalue weighted by atomic mass is 10.1. The van der Waals surface area contributed by atoms with E-state index in [2.05, 4.69) is 22.0 Å². The normalized spacial score (nSPS) is 15.4. The molecule has 0 amide bonds. The van der Waals surface area contributed by atoms with Gasteiger partial charge in [-0.15, -0.1) is 0 Å². The Bertz CT molecular complexity index is 1030. The largest absolute Gasteiger partial charge is 0.506 e. The first-order valence-electron chi connectivity index (χ1n) is 9.11. The van der Waals surface area contributed by atoms with E-state index in [1.165, 1.54) is 11.6 Å². The Labute approximate surface area is 158 Å². The van der Waals surface area contributed by atoms with Crippen LogP contribution in [0, 0.1) is 5.82 Å². The Morgan fingerprint density at radius 3 is 2.74 bits per heavy atom. The molecule has 1 N–H and O–H groups in total. The number of halogens is 1. The second-order valence-electron chi connectivity index (χ2n) is 6.77. The maximum absolute atomic E-state index is 13.8. The van der Waals surface area contributed by atoms with Gasteiger partial charge in [-0.25, -0.2) is 9.37 Å². The van der Waals surface area contributed by atoms with Crippen molar-refractivity contribution in [1.29, 1.82) is 0 Å². The highest BCUT2D eigenvalue weighted by Gasteiger charge is 2.12. The van der Waals surface area contributed by atoms with Crippen molar-refractivity contribution in [2.24, 2.45) is 0 Å². The van der Waals surface area contributed by atoms with Gasteiger partial charge in [0.15, 0.2) is 0 Å². The fourth-order valence-electron chi connectivity index (χ4n) is 3.32. The minimum Gasteiger partial charge on any atom is -0.506 e. The number of rotatable bonds is 4. The van der Waals surface area contributed by atoms with Crippen LogP contribution in [0.1, 0.15) is 17.7 Å². The first-order chi connectivity index (χ1) is 13.2. The van der Waals surface area contributed by atoms with E-state index in [9.17, 15) is 9.50 Å². The van der Waals surface area contributed by atoms with E-state index < -0.39 is 0 Å². The highest BCUT2D eigenvalue weighted by molar-refractivity contribution is 5.85. The van der Waals surface area contributed by atoms with Crippen LogP contribution in [0.4, 0.5) is 4.39 Å². The summed E-state index contributed by atoms with van der Waals surface area (Å²) in [5.74, 6) is 0.0567. The van der Waals surface area contributed by atoms with Crippen molar-refractivity contribution < 1.29 is 9.50 Å². The molecule has 2 heterocycles. The van der Waals surface area contributed by atoms with Gasteiger partial charge in [-0.05, 0) is 36.3 Å². The van der Waals surface area contributed by atoms with Crippen molar-refractivity contribution in [2.75, 3.05) is 13.1 Å². The first-order valence-corrected chi connectivity index (χ1v) is 9.11. The second kappa shape index (κ2) is 7.72. The molecule has 0 bridgehead atoms. The topological polar surface area (TPSA) is 36.4 Å². The number of nitrogens with zero attached hydrogens (tertiary/aromatic N) is 2. The van der Waals surface area contributed by atoms with Crippen molar-refractivity contribution in [3.05, 3.63) is 89.4 Å². The molecule has 0 fully saturated rings. The fraction of sp³-hybridized carbons (Fsp3) is 0.174. The molecule has 4 heteroatoms. The Kier molecular flexibility index (Phi) is 4.99. The number of phenols is 1. The summed E-state index contributed by atoms with van der Waals surface area (Å²) in [6.45, 7) is 2.34. The molecule has 2 aromatic carbocycles. The van der Waals surface area contributed by atoms with E-state index in [1.54, 1.807) is 12.1 Å². The van der Waals surface area contributed by atoms with E-state index in [-0.39, 0.29) is 11.6 Å². The minimum absolute atomic E-state index is 0.141. The highest BCUT2D eigenvalue weighted by atomic mass is 19.1. The van der Waals surface area contributed by atoms with Crippen LogP contribution in [0.2, 0.25) is 0 Å². The maximum atomic E-state index is 13.8. The number of phenolic OH excluding ortho intramolecular Hbond substituents is 1. The standard InChI is InChI=1S/C23H21FN2O/c24-21-6-2-1-4-19(21)16-26-14-12-17(13-15-26)8-10-20-11-9-18-5-3-7-22(27)23(18)25-20/h1-12,27H,13-16H2/b10-8+. The lowest BCUT2D eigenvalue weighted by molar-refractivity contribution is 0.283. The lowest BCUT2D eigenvalue weighted by Gasteiger charge is -2.25. The molecule has 0 aliphatic carbocycles. The van der Waals surface area contributed by atoms with Crippen LogP contribution in [0.25, 0.3) is 17.0 Å². The number of pyridine rings is 1. The van der Waals surface area contributed by atoms with Crippen molar-refractivity contribution >= 4 is 17.0 Å². The van der Waals surface area contributed by atoms with Gasteiger partial charge in [-0.2, -0.15) is 0 Å². The van der Waals surface area contributed by atoms with Crippen molar-refractivity contribution in [2.45, 2.75) is 13.0 Å². The molecule has 0 spiro atoms. The van der Waals surface area contributed by atoms with Gasteiger partial charge in [0.05, 0.1) is 5.69 Å². The molecule has 0 radical (unpaired) electrons. The van der Waals surface area contributed by atoms with Gasteiger partial charge >= 0.3 is 0 Å². The summed E-state index contributed by atoms with van der Waals surface area (Å²) in [5, 5.41) is 10.9. The molecular weight excluding hydrogens is 339 g/mol. The molecule has 1 aliphatic rings. The fourth-order valence-corrected chi connectivity index (χ4v) is 3.32. The van der Waals surface area contributed by atoms with Crippen LogP contribution in [0.5, 0.6) is 5.75 Å². The number of aromatic nitrogens is 1. The summed E-state index contributed by atoms with van der Waals surface area (Å²) < 4.78 is 13.8. The zero-order valence-corrected chi connectivity index (χ0v) is 15.0. The van der Waals surface area contributed by atoms with Gasteiger partial charge in [-0.1, -0.05) is 48.6 Å². The Morgan fingerprint density at radius 1 is 1.04 bits per heavy atom. The third-order valence-corrected chi connectivity index (χ3v) is 4.87. The van der Waals surface area contributed by atoms with E-state index in [0.717, 1.165) is 36.2 Å². The number of benzene rings is 2. The van der Waals surface area contributed by atoms with E-state index in [1.807, 2.05) is 42.5 Å². The molecule has 3 aromatic rings. The number of allylic oxidation sites excluding steroid dienone is 1. The molecule has 1 aliphatic heterocycles. The smallest absolute Gasteiger partial charge is 0.141 e. The summed E-state index contributed by atoms with van der Waals surface area (Å²) in [7, 11) is 0. The Balaban J connectivity index is 1.42. The second-order valence-corrected chi connectivity index (χ2v) is 6.77. The number of hydrogen-bond donors (Lipinski definition) is 1. The number of aromatic hydroxyl groups is 1. The maximum Gasteiger partial charge on any atom is 0.141 e. The van der Waals surface area contributed by atoms with Crippen molar-refractivity contribution in [3.63, 3.8) is 0 Å². The van der Waals surface area contributed by atoms with Gasteiger partial charge in [-0.3, -0.25) is 4.90 Å². The van der Waals surface area contributed by atoms with Crippen molar-refractivity contribution in [1.82, 2.24) is 9.88 Å². The molecule has 3 nitrogen and oxygen atoms in total.